The summed E-state index contributed by atoms with van der Waals surface area (Å²) in [5, 5.41) is 10.9. The van der Waals surface area contributed by atoms with E-state index >= 15 is 0 Å². The van der Waals surface area contributed by atoms with Gasteiger partial charge in [-0.05, 0) is 31.8 Å². The number of aromatic nitrogens is 4. The van der Waals surface area contributed by atoms with E-state index in [-0.39, 0.29) is 23.6 Å². The highest BCUT2D eigenvalue weighted by Gasteiger charge is 2.24. The fourth-order valence-electron chi connectivity index (χ4n) is 4.23. The summed E-state index contributed by atoms with van der Waals surface area (Å²) in [5.41, 5.74) is 6.50. The number of nitrogens with one attached hydrogen (secondary N) is 2. The number of likely N-dealkylation sites (tertiary alicyclic amines) is 1. The van der Waals surface area contributed by atoms with Gasteiger partial charge in [0, 0.05) is 31.5 Å². The quantitative estimate of drug-likeness (QED) is 0.581. The second-order valence-corrected chi connectivity index (χ2v) is 8.06. The number of carbonyl (C=O) groups is 2. The molecular weight excluding hydrogens is 396 g/mol. The van der Waals surface area contributed by atoms with Gasteiger partial charge in [-0.1, -0.05) is 19.4 Å². The van der Waals surface area contributed by atoms with Crippen LogP contribution in [0.15, 0.2) is 31.2 Å². The Kier molecular flexibility index (Phi) is 6.15. The van der Waals surface area contributed by atoms with Gasteiger partial charge in [0.1, 0.15) is 5.82 Å². The molecule has 0 radical (unpaired) electrons. The van der Waals surface area contributed by atoms with Crippen molar-refractivity contribution < 1.29 is 9.59 Å². The van der Waals surface area contributed by atoms with E-state index < -0.39 is 5.91 Å². The number of anilines is 3. The number of hydrogen-bond acceptors (Lipinski definition) is 7. The van der Waals surface area contributed by atoms with Crippen LogP contribution in [0.25, 0.3) is 0 Å². The van der Waals surface area contributed by atoms with E-state index in [0.717, 1.165) is 50.8 Å². The molecule has 0 unspecified atom stereocenters. The maximum Gasteiger partial charge on any atom is 0.254 e. The SMILES string of the molecule is C=CC(=O)N1CCC[C@@H](n2cc(Nc3ncc(C(N)=O)c(NC4CCCC4)n3)cn2)C1. The molecule has 0 aromatic carbocycles. The van der Waals surface area contributed by atoms with Gasteiger partial charge in [-0.2, -0.15) is 10.1 Å². The average Bonchev–Trinajstić information content (AvgIpc) is 3.45. The van der Waals surface area contributed by atoms with Gasteiger partial charge in [0.25, 0.3) is 5.91 Å². The van der Waals surface area contributed by atoms with Gasteiger partial charge >= 0.3 is 0 Å². The third-order valence-electron chi connectivity index (χ3n) is 5.86. The van der Waals surface area contributed by atoms with Crippen LogP contribution in [0.1, 0.15) is 54.9 Å². The lowest BCUT2D eigenvalue weighted by Gasteiger charge is -2.32. The highest BCUT2D eigenvalue weighted by molar-refractivity contribution is 5.97. The summed E-state index contributed by atoms with van der Waals surface area (Å²) in [6.45, 7) is 4.91. The fourth-order valence-corrected chi connectivity index (χ4v) is 4.23. The molecule has 2 fully saturated rings. The minimum atomic E-state index is -0.559. The van der Waals surface area contributed by atoms with Crippen molar-refractivity contribution in [2.75, 3.05) is 23.7 Å². The highest BCUT2D eigenvalue weighted by atomic mass is 16.2. The third kappa shape index (κ3) is 4.84. The Balaban J connectivity index is 1.47. The van der Waals surface area contributed by atoms with Crippen molar-refractivity contribution >= 4 is 29.3 Å². The van der Waals surface area contributed by atoms with Crippen LogP contribution in [0.4, 0.5) is 17.5 Å². The second kappa shape index (κ2) is 9.15. The molecule has 1 saturated carbocycles. The Morgan fingerprint density at radius 1 is 1.19 bits per heavy atom. The van der Waals surface area contributed by atoms with E-state index in [0.29, 0.717) is 18.3 Å². The Bertz CT molecular complexity index is 966. The molecule has 4 rings (SSSR count). The summed E-state index contributed by atoms with van der Waals surface area (Å²) >= 11 is 0. The summed E-state index contributed by atoms with van der Waals surface area (Å²) < 4.78 is 1.86. The zero-order valence-corrected chi connectivity index (χ0v) is 17.5. The standard InChI is InChI=1S/C21H28N8O2/c1-2-18(30)28-9-5-8-16(13-28)29-12-15(10-24-29)26-21-23-11-17(19(22)31)20(27-21)25-14-6-3-4-7-14/h2,10-12,14,16H,1,3-9,13H2,(H2,22,31)(H2,23,25,26,27)/t16-/m1/s1. The Labute approximate surface area is 180 Å². The molecule has 10 heteroatoms. The van der Waals surface area contributed by atoms with E-state index in [1.807, 2.05) is 10.9 Å². The molecule has 0 bridgehead atoms. The Morgan fingerprint density at radius 2 is 2.00 bits per heavy atom. The fraction of sp³-hybridized carbons (Fsp3) is 0.476. The zero-order valence-electron chi connectivity index (χ0n) is 17.5. The number of carbonyl (C=O) groups excluding carboxylic acids is 2. The topological polar surface area (TPSA) is 131 Å². The van der Waals surface area contributed by atoms with Crippen molar-refractivity contribution in [3.63, 3.8) is 0 Å². The summed E-state index contributed by atoms with van der Waals surface area (Å²) in [4.78, 5) is 34.2. The molecule has 2 amide bonds. The van der Waals surface area contributed by atoms with Gasteiger partial charge in [0.05, 0.1) is 23.5 Å². The lowest BCUT2D eigenvalue weighted by molar-refractivity contribution is -0.127. The van der Waals surface area contributed by atoms with Gasteiger partial charge in [0.2, 0.25) is 11.9 Å². The second-order valence-electron chi connectivity index (χ2n) is 8.06. The van der Waals surface area contributed by atoms with Gasteiger partial charge < -0.3 is 21.3 Å². The molecule has 164 valence electrons. The van der Waals surface area contributed by atoms with Gasteiger partial charge in [-0.3, -0.25) is 14.3 Å². The first-order valence-corrected chi connectivity index (χ1v) is 10.7. The normalized spacial score (nSPS) is 19.2. The minimum absolute atomic E-state index is 0.0552. The number of piperidine rings is 1. The molecule has 2 aliphatic rings. The summed E-state index contributed by atoms with van der Waals surface area (Å²) in [6, 6.07) is 0.391. The molecule has 2 aromatic heterocycles. The smallest absolute Gasteiger partial charge is 0.254 e. The summed E-state index contributed by atoms with van der Waals surface area (Å²) in [7, 11) is 0. The molecule has 31 heavy (non-hydrogen) atoms. The van der Waals surface area contributed by atoms with E-state index in [4.69, 9.17) is 5.73 Å². The Morgan fingerprint density at radius 3 is 2.74 bits per heavy atom. The Hall–Kier alpha value is -3.43. The zero-order chi connectivity index (χ0) is 21.8. The maximum absolute atomic E-state index is 11.9. The molecule has 1 aliphatic heterocycles. The predicted octanol–water partition coefficient (Wildman–Crippen LogP) is 2.22. The van der Waals surface area contributed by atoms with Crippen molar-refractivity contribution in [1.29, 1.82) is 0 Å². The molecule has 1 atom stereocenters. The summed E-state index contributed by atoms with van der Waals surface area (Å²) in [6.07, 6.45) is 12.6. The summed E-state index contributed by atoms with van der Waals surface area (Å²) in [5.74, 6) is 0.198. The third-order valence-corrected chi connectivity index (χ3v) is 5.86. The monoisotopic (exact) mass is 424 g/mol. The van der Waals surface area contributed by atoms with Crippen molar-refractivity contribution in [2.24, 2.45) is 5.73 Å². The molecule has 1 aliphatic carbocycles. The number of rotatable bonds is 7. The molecule has 3 heterocycles. The van der Waals surface area contributed by atoms with Crippen LogP contribution in [0.2, 0.25) is 0 Å². The maximum atomic E-state index is 11.9. The van der Waals surface area contributed by atoms with Gasteiger partial charge in [-0.15, -0.1) is 0 Å². The predicted molar refractivity (Wildman–Crippen MR) is 117 cm³/mol. The molecule has 4 N–H and O–H groups in total. The van der Waals surface area contributed by atoms with E-state index in [2.05, 4.69) is 32.3 Å². The van der Waals surface area contributed by atoms with Crippen LogP contribution >= 0.6 is 0 Å². The first-order valence-electron chi connectivity index (χ1n) is 10.7. The van der Waals surface area contributed by atoms with Crippen molar-refractivity contribution in [3.8, 4) is 0 Å². The first-order chi connectivity index (χ1) is 15.0. The van der Waals surface area contributed by atoms with E-state index in [1.165, 1.54) is 12.3 Å². The minimum Gasteiger partial charge on any atom is -0.367 e. The van der Waals surface area contributed by atoms with Crippen LogP contribution in [0.5, 0.6) is 0 Å². The number of hydrogen-bond donors (Lipinski definition) is 3. The largest absolute Gasteiger partial charge is 0.367 e. The van der Waals surface area contributed by atoms with Crippen molar-refractivity contribution in [2.45, 2.75) is 50.6 Å². The molecule has 1 saturated heterocycles. The number of primary amides is 1. The molecular formula is C21H28N8O2. The molecule has 10 nitrogen and oxygen atoms in total. The first kappa shape index (κ1) is 20.8. The van der Waals surface area contributed by atoms with E-state index in [1.54, 1.807) is 11.1 Å². The van der Waals surface area contributed by atoms with Crippen LogP contribution in [-0.4, -0.2) is 55.6 Å². The van der Waals surface area contributed by atoms with Crippen LogP contribution in [0, 0.1) is 0 Å². The molecule has 0 spiro atoms. The van der Waals surface area contributed by atoms with Crippen molar-refractivity contribution in [3.05, 3.63) is 36.8 Å². The van der Waals surface area contributed by atoms with Gasteiger partial charge in [-0.25, -0.2) is 4.98 Å². The highest BCUT2D eigenvalue weighted by Crippen LogP contribution is 2.26. The lowest BCUT2D eigenvalue weighted by atomic mass is 10.1. The van der Waals surface area contributed by atoms with Crippen LogP contribution in [0.3, 0.4) is 0 Å². The molecule has 2 aromatic rings. The lowest BCUT2D eigenvalue weighted by Crippen LogP contribution is -2.39. The van der Waals surface area contributed by atoms with Gasteiger partial charge in [0.15, 0.2) is 0 Å². The van der Waals surface area contributed by atoms with Crippen molar-refractivity contribution in [1.82, 2.24) is 24.6 Å². The van der Waals surface area contributed by atoms with E-state index in [9.17, 15) is 9.59 Å². The number of nitrogens with zero attached hydrogens (tertiary/aromatic N) is 5. The number of amides is 2. The number of nitrogens with two attached hydrogens (primary N) is 1. The van der Waals surface area contributed by atoms with Crippen LogP contribution in [-0.2, 0) is 4.79 Å². The average molecular weight is 425 g/mol. The van der Waals surface area contributed by atoms with Crippen LogP contribution < -0.4 is 16.4 Å².